The number of aromatic nitrogens is 1. The lowest BCUT2D eigenvalue weighted by molar-refractivity contribution is 0.171. The summed E-state index contributed by atoms with van der Waals surface area (Å²) in [6.07, 6.45) is 1.70. The Morgan fingerprint density at radius 2 is 1.78 bits per heavy atom. The highest BCUT2D eigenvalue weighted by atomic mass is 32.2. The molecule has 1 aromatic carbocycles. The first-order chi connectivity index (χ1) is 8.81. The molecule has 0 spiro atoms. The average molecular weight is 260 g/mol. The normalized spacial score (nSPS) is 13.3. The summed E-state index contributed by atoms with van der Waals surface area (Å²) in [6.45, 7) is 1.21. The summed E-state index contributed by atoms with van der Waals surface area (Å²) in [6, 6.07) is 9.70. The van der Waals surface area contributed by atoms with Crippen molar-refractivity contribution in [1.82, 2.24) is 4.98 Å². The quantitative estimate of drug-likeness (QED) is 0.899. The number of nitrogens with two attached hydrogens (primary N) is 1. The van der Waals surface area contributed by atoms with Gasteiger partial charge in [-0.15, -0.1) is 0 Å². The first kappa shape index (κ1) is 11.2. The van der Waals surface area contributed by atoms with Crippen molar-refractivity contribution in [3.63, 3.8) is 0 Å². The Morgan fingerprint density at radius 3 is 2.61 bits per heavy atom. The van der Waals surface area contributed by atoms with Crippen molar-refractivity contribution >= 4 is 17.6 Å². The monoisotopic (exact) mass is 260 g/mol. The van der Waals surface area contributed by atoms with E-state index in [1.165, 1.54) is 0 Å². The number of hydrogen-bond donors (Lipinski definition) is 1. The Bertz CT molecular complexity index is 575. The topological polar surface area (TPSA) is 57.4 Å². The maximum absolute atomic E-state index is 5.65. The number of fused-ring (bicyclic) bond motifs is 1. The van der Waals surface area contributed by atoms with E-state index in [-0.39, 0.29) is 0 Å². The maximum atomic E-state index is 5.65. The van der Waals surface area contributed by atoms with Gasteiger partial charge in [0, 0.05) is 16.0 Å². The van der Waals surface area contributed by atoms with Crippen LogP contribution in [0.1, 0.15) is 0 Å². The van der Waals surface area contributed by atoms with Crippen molar-refractivity contribution in [3.05, 3.63) is 36.5 Å². The van der Waals surface area contributed by atoms with Crippen molar-refractivity contribution in [2.24, 2.45) is 0 Å². The standard InChI is InChI=1S/C13H12N2O2S/c14-13-8-10(3-4-15-13)18-9-1-2-11-12(7-9)17-6-5-16-11/h1-4,7-8H,5-6H2,(H2,14,15). The Balaban J connectivity index is 1.85. The number of benzene rings is 1. The van der Waals surface area contributed by atoms with Crippen LogP contribution in [0.2, 0.25) is 0 Å². The van der Waals surface area contributed by atoms with Gasteiger partial charge in [0.15, 0.2) is 11.5 Å². The van der Waals surface area contributed by atoms with Gasteiger partial charge in [-0.3, -0.25) is 0 Å². The van der Waals surface area contributed by atoms with Gasteiger partial charge in [0.2, 0.25) is 0 Å². The van der Waals surface area contributed by atoms with Crippen LogP contribution >= 0.6 is 11.8 Å². The Kier molecular flexibility index (Phi) is 2.98. The predicted octanol–water partition coefficient (Wildman–Crippen LogP) is 2.59. The Morgan fingerprint density at radius 1 is 1.00 bits per heavy atom. The molecule has 0 aliphatic carbocycles. The third-order valence-electron chi connectivity index (χ3n) is 2.50. The molecule has 92 valence electrons. The van der Waals surface area contributed by atoms with Crippen LogP contribution in [-0.2, 0) is 0 Å². The zero-order chi connectivity index (χ0) is 12.4. The van der Waals surface area contributed by atoms with Crippen LogP contribution in [0.4, 0.5) is 5.82 Å². The molecule has 0 bridgehead atoms. The van der Waals surface area contributed by atoms with Gasteiger partial charge in [-0.25, -0.2) is 4.98 Å². The van der Waals surface area contributed by atoms with Crippen molar-refractivity contribution in [2.45, 2.75) is 9.79 Å². The van der Waals surface area contributed by atoms with Crippen LogP contribution in [0, 0.1) is 0 Å². The largest absolute Gasteiger partial charge is 0.486 e. The van der Waals surface area contributed by atoms with Gasteiger partial charge in [0.25, 0.3) is 0 Å². The minimum atomic E-state index is 0.526. The van der Waals surface area contributed by atoms with E-state index < -0.39 is 0 Å². The van der Waals surface area contributed by atoms with Gasteiger partial charge in [0.1, 0.15) is 19.0 Å². The number of hydrogen-bond acceptors (Lipinski definition) is 5. The number of anilines is 1. The molecule has 1 aromatic heterocycles. The molecule has 0 saturated heterocycles. The second-order valence-corrected chi connectivity index (χ2v) is 4.97. The molecule has 0 amide bonds. The van der Waals surface area contributed by atoms with Crippen LogP contribution in [0.25, 0.3) is 0 Å². The van der Waals surface area contributed by atoms with E-state index in [1.54, 1.807) is 18.0 Å². The molecule has 2 N–H and O–H groups in total. The van der Waals surface area contributed by atoms with Crippen LogP contribution in [-0.4, -0.2) is 18.2 Å². The molecule has 5 heteroatoms. The fourth-order valence-electron chi connectivity index (χ4n) is 1.71. The molecule has 4 nitrogen and oxygen atoms in total. The second-order valence-electron chi connectivity index (χ2n) is 3.82. The van der Waals surface area contributed by atoms with E-state index in [1.807, 2.05) is 30.3 Å². The number of nitrogen functional groups attached to an aromatic ring is 1. The molecular weight excluding hydrogens is 248 g/mol. The fraction of sp³-hybridized carbons (Fsp3) is 0.154. The molecule has 0 radical (unpaired) electrons. The molecule has 0 unspecified atom stereocenters. The third kappa shape index (κ3) is 2.36. The number of nitrogens with zero attached hydrogens (tertiary/aromatic N) is 1. The highest BCUT2D eigenvalue weighted by Crippen LogP contribution is 2.36. The summed E-state index contributed by atoms with van der Waals surface area (Å²) in [5.41, 5.74) is 5.65. The molecule has 18 heavy (non-hydrogen) atoms. The van der Waals surface area contributed by atoms with Crippen LogP contribution in [0.3, 0.4) is 0 Å². The fourth-order valence-corrected chi connectivity index (χ4v) is 2.60. The van der Waals surface area contributed by atoms with Gasteiger partial charge >= 0.3 is 0 Å². The van der Waals surface area contributed by atoms with Crippen molar-refractivity contribution in [2.75, 3.05) is 18.9 Å². The molecule has 0 saturated carbocycles. The number of ether oxygens (including phenoxy) is 2. The lowest BCUT2D eigenvalue weighted by Gasteiger charge is -2.18. The van der Waals surface area contributed by atoms with Crippen molar-refractivity contribution in [1.29, 1.82) is 0 Å². The molecule has 1 aliphatic heterocycles. The van der Waals surface area contributed by atoms with E-state index in [2.05, 4.69) is 4.98 Å². The molecule has 2 heterocycles. The summed E-state index contributed by atoms with van der Waals surface area (Å²) >= 11 is 1.62. The minimum absolute atomic E-state index is 0.526. The highest BCUT2D eigenvalue weighted by Gasteiger charge is 2.12. The number of pyridine rings is 1. The van der Waals surface area contributed by atoms with Crippen LogP contribution in [0.15, 0.2) is 46.3 Å². The average Bonchev–Trinajstić information content (AvgIpc) is 2.39. The zero-order valence-corrected chi connectivity index (χ0v) is 10.4. The molecule has 0 fully saturated rings. The predicted molar refractivity (Wildman–Crippen MR) is 70.2 cm³/mol. The maximum Gasteiger partial charge on any atom is 0.162 e. The van der Waals surface area contributed by atoms with Gasteiger partial charge in [-0.05, 0) is 30.3 Å². The molecular formula is C13H12N2O2S. The zero-order valence-electron chi connectivity index (χ0n) is 9.63. The Labute approximate surface area is 109 Å². The number of rotatable bonds is 2. The summed E-state index contributed by atoms with van der Waals surface area (Å²) < 4.78 is 11.0. The first-order valence-electron chi connectivity index (χ1n) is 5.60. The van der Waals surface area contributed by atoms with Crippen LogP contribution in [0.5, 0.6) is 11.5 Å². The van der Waals surface area contributed by atoms with E-state index in [4.69, 9.17) is 15.2 Å². The van der Waals surface area contributed by atoms with Gasteiger partial charge < -0.3 is 15.2 Å². The molecule has 3 rings (SSSR count). The lowest BCUT2D eigenvalue weighted by Crippen LogP contribution is -2.15. The molecule has 2 aromatic rings. The summed E-state index contributed by atoms with van der Waals surface area (Å²) in [5.74, 6) is 2.13. The molecule has 1 aliphatic rings. The van der Waals surface area contributed by atoms with E-state index in [0.29, 0.717) is 19.0 Å². The van der Waals surface area contributed by atoms with Crippen molar-refractivity contribution < 1.29 is 9.47 Å². The lowest BCUT2D eigenvalue weighted by atomic mass is 10.3. The minimum Gasteiger partial charge on any atom is -0.486 e. The SMILES string of the molecule is Nc1cc(Sc2ccc3c(c2)OCCO3)ccn1. The smallest absolute Gasteiger partial charge is 0.162 e. The molecule has 0 atom stereocenters. The summed E-state index contributed by atoms with van der Waals surface area (Å²) in [4.78, 5) is 6.11. The first-order valence-corrected chi connectivity index (χ1v) is 6.42. The third-order valence-corrected chi connectivity index (χ3v) is 3.48. The van der Waals surface area contributed by atoms with Crippen molar-refractivity contribution in [3.8, 4) is 11.5 Å². The van der Waals surface area contributed by atoms with E-state index >= 15 is 0 Å². The Hall–Kier alpha value is -1.88. The van der Waals surface area contributed by atoms with Gasteiger partial charge in [0.05, 0.1) is 0 Å². The van der Waals surface area contributed by atoms with Gasteiger partial charge in [-0.1, -0.05) is 11.8 Å². The van der Waals surface area contributed by atoms with E-state index in [9.17, 15) is 0 Å². The van der Waals surface area contributed by atoms with Crippen LogP contribution < -0.4 is 15.2 Å². The second kappa shape index (κ2) is 4.78. The highest BCUT2D eigenvalue weighted by molar-refractivity contribution is 7.99. The van der Waals surface area contributed by atoms with E-state index in [0.717, 1.165) is 21.3 Å². The summed E-state index contributed by atoms with van der Waals surface area (Å²) in [5, 5.41) is 0. The van der Waals surface area contributed by atoms with Gasteiger partial charge in [-0.2, -0.15) is 0 Å². The summed E-state index contributed by atoms with van der Waals surface area (Å²) in [7, 11) is 0.